The molecule has 0 radical (unpaired) electrons. The lowest BCUT2D eigenvalue weighted by Crippen LogP contribution is -2.43. The van der Waals surface area contributed by atoms with Crippen LogP contribution in [0.1, 0.15) is 32.1 Å². The Balaban J connectivity index is 0.00000169. The van der Waals surface area contributed by atoms with E-state index < -0.39 is 0 Å². The van der Waals surface area contributed by atoms with E-state index in [1.54, 1.807) is 12.3 Å². The van der Waals surface area contributed by atoms with Crippen molar-refractivity contribution in [3.63, 3.8) is 0 Å². The highest BCUT2D eigenvalue weighted by Gasteiger charge is 2.34. The van der Waals surface area contributed by atoms with Gasteiger partial charge in [-0.25, -0.2) is 4.98 Å². The Labute approximate surface area is 174 Å². The van der Waals surface area contributed by atoms with E-state index in [0.29, 0.717) is 31.7 Å². The first-order valence-corrected chi connectivity index (χ1v) is 9.29. The number of piperidine rings is 1. The number of likely N-dealkylation sites (tertiary alicyclic amines) is 1. The number of nitrogens with two attached hydrogens (primary N) is 1. The van der Waals surface area contributed by atoms with E-state index in [-0.39, 0.29) is 54.5 Å². The van der Waals surface area contributed by atoms with Gasteiger partial charge in [0.15, 0.2) is 0 Å². The Kier molecular flexibility index (Phi) is 9.30. The molecule has 3 rings (SSSR count). The van der Waals surface area contributed by atoms with Crippen molar-refractivity contribution in [3.8, 4) is 0 Å². The van der Waals surface area contributed by atoms with Gasteiger partial charge in [0.2, 0.25) is 11.8 Å². The molecule has 1 aromatic heterocycles. The Morgan fingerprint density at radius 1 is 1.12 bits per heavy atom. The minimum absolute atomic E-state index is 0. The molecule has 2 amide bonds. The molecule has 2 atom stereocenters. The summed E-state index contributed by atoms with van der Waals surface area (Å²) in [5, 5.41) is 2.85. The first-order valence-electron chi connectivity index (χ1n) is 8.49. The summed E-state index contributed by atoms with van der Waals surface area (Å²) in [4.78, 5) is 30.9. The highest BCUT2D eigenvalue weighted by molar-refractivity contribution is 9.10. The Bertz CT molecular complexity index is 609. The van der Waals surface area contributed by atoms with Gasteiger partial charge in [-0.15, -0.1) is 24.8 Å². The molecule has 9 heteroatoms. The topological polar surface area (TPSA) is 88.3 Å². The van der Waals surface area contributed by atoms with Crippen LogP contribution in [0.2, 0.25) is 0 Å². The van der Waals surface area contributed by atoms with Crippen LogP contribution in [-0.2, 0) is 9.59 Å². The summed E-state index contributed by atoms with van der Waals surface area (Å²) in [7, 11) is 0. The zero-order valence-corrected chi connectivity index (χ0v) is 17.6. The molecule has 0 aromatic carbocycles. The van der Waals surface area contributed by atoms with Crippen LogP contribution >= 0.6 is 40.7 Å². The molecular formula is C17H25BrCl2N4O2. The molecule has 1 saturated carbocycles. The van der Waals surface area contributed by atoms with Crippen LogP contribution < -0.4 is 11.1 Å². The maximum Gasteiger partial charge on any atom is 0.228 e. The van der Waals surface area contributed by atoms with Crippen LogP contribution in [-0.4, -0.2) is 40.8 Å². The zero-order chi connectivity index (χ0) is 17.1. The third-order valence-electron chi connectivity index (χ3n) is 4.98. The van der Waals surface area contributed by atoms with Gasteiger partial charge in [0.25, 0.3) is 0 Å². The fourth-order valence-electron chi connectivity index (χ4n) is 3.54. The summed E-state index contributed by atoms with van der Waals surface area (Å²) in [6.45, 7) is 1.30. The lowest BCUT2D eigenvalue weighted by molar-refractivity contribution is -0.138. The van der Waals surface area contributed by atoms with Crippen molar-refractivity contribution >= 4 is 58.4 Å². The van der Waals surface area contributed by atoms with Gasteiger partial charge in [-0.2, -0.15) is 0 Å². The predicted octanol–water partition coefficient (Wildman–Crippen LogP) is 2.99. The largest absolute Gasteiger partial charge is 0.342 e. The van der Waals surface area contributed by atoms with Gasteiger partial charge in [0.1, 0.15) is 5.82 Å². The van der Waals surface area contributed by atoms with Crippen LogP contribution in [0, 0.1) is 11.8 Å². The van der Waals surface area contributed by atoms with Gasteiger partial charge in [-0.05, 0) is 60.2 Å². The van der Waals surface area contributed by atoms with Crippen molar-refractivity contribution in [3.05, 3.63) is 22.8 Å². The molecular weight excluding hydrogens is 443 g/mol. The number of nitrogens with one attached hydrogen (secondary N) is 1. The van der Waals surface area contributed by atoms with Crippen LogP contribution in [0.3, 0.4) is 0 Å². The average Bonchev–Trinajstić information content (AvgIpc) is 3.03. The second kappa shape index (κ2) is 10.4. The lowest BCUT2D eigenvalue weighted by atomic mass is 9.94. The number of nitrogens with zero attached hydrogens (tertiary/aromatic N) is 2. The quantitative estimate of drug-likeness (QED) is 0.715. The second-order valence-electron chi connectivity index (χ2n) is 6.72. The molecule has 1 saturated heterocycles. The maximum absolute atomic E-state index is 12.5. The first-order chi connectivity index (χ1) is 11.5. The molecule has 2 aliphatic rings. The summed E-state index contributed by atoms with van der Waals surface area (Å²) in [6, 6.07) is 3.78. The van der Waals surface area contributed by atoms with E-state index in [4.69, 9.17) is 5.73 Å². The highest BCUT2D eigenvalue weighted by atomic mass is 79.9. The van der Waals surface area contributed by atoms with Crippen LogP contribution in [0.4, 0.5) is 5.82 Å². The number of carbonyl (C=O) groups is 2. The number of carbonyl (C=O) groups excluding carboxylic acids is 2. The number of anilines is 1. The molecule has 2 heterocycles. The van der Waals surface area contributed by atoms with Crippen molar-refractivity contribution in [2.45, 2.75) is 38.1 Å². The monoisotopic (exact) mass is 466 g/mol. The van der Waals surface area contributed by atoms with E-state index in [9.17, 15) is 9.59 Å². The van der Waals surface area contributed by atoms with Crippen LogP contribution in [0.15, 0.2) is 22.8 Å². The number of rotatable bonds is 3. The number of amides is 2. The third kappa shape index (κ3) is 5.81. The molecule has 0 bridgehead atoms. The van der Waals surface area contributed by atoms with E-state index in [2.05, 4.69) is 26.2 Å². The highest BCUT2D eigenvalue weighted by Crippen LogP contribution is 2.28. The summed E-state index contributed by atoms with van der Waals surface area (Å²) in [5.74, 6) is 0.778. The second-order valence-corrected chi connectivity index (χ2v) is 7.64. The van der Waals surface area contributed by atoms with E-state index in [1.807, 2.05) is 11.0 Å². The number of halogens is 3. The lowest BCUT2D eigenvalue weighted by Gasteiger charge is -2.33. The van der Waals surface area contributed by atoms with Crippen LogP contribution in [0.25, 0.3) is 0 Å². The van der Waals surface area contributed by atoms with Gasteiger partial charge in [-0.1, -0.05) is 0 Å². The summed E-state index contributed by atoms with van der Waals surface area (Å²) < 4.78 is 0.874. The van der Waals surface area contributed by atoms with Crippen molar-refractivity contribution in [1.82, 2.24) is 9.88 Å². The Hall–Kier alpha value is -0.890. The molecule has 1 aromatic rings. The number of hydrogen-bond donors (Lipinski definition) is 2. The summed E-state index contributed by atoms with van der Waals surface area (Å²) in [5.41, 5.74) is 5.90. The normalized spacial score (nSPS) is 22.9. The van der Waals surface area contributed by atoms with Crippen molar-refractivity contribution in [2.75, 3.05) is 18.4 Å². The molecule has 0 spiro atoms. The van der Waals surface area contributed by atoms with E-state index in [1.165, 1.54) is 0 Å². The molecule has 2 unspecified atom stereocenters. The van der Waals surface area contributed by atoms with Crippen molar-refractivity contribution < 1.29 is 9.59 Å². The van der Waals surface area contributed by atoms with Gasteiger partial charge >= 0.3 is 0 Å². The first kappa shape index (κ1) is 23.1. The number of hydrogen-bond acceptors (Lipinski definition) is 4. The van der Waals surface area contributed by atoms with Gasteiger partial charge < -0.3 is 16.0 Å². The minimum Gasteiger partial charge on any atom is -0.342 e. The molecule has 26 heavy (non-hydrogen) atoms. The molecule has 1 aliphatic carbocycles. The SMILES string of the molecule is Cl.Cl.NC1CCC(C(=O)N2CCC(C(=O)Nc3ccc(Br)cn3)CC2)C1. The van der Waals surface area contributed by atoms with Crippen molar-refractivity contribution in [2.24, 2.45) is 17.6 Å². The maximum atomic E-state index is 12.5. The van der Waals surface area contributed by atoms with E-state index in [0.717, 1.165) is 23.7 Å². The fraction of sp³-hybridized carbons (Fsp3) is 0.588. The van der Waals surface area contributed by atoms with E-state index >= 15 is 0 Å². The van der Waals surface area contributed by atoms with Gasteiger partial charge in [0.05, 0.1) is 0 Å². The number of aromatic nitrogens is 1. The Morgan fingerprint density at radius 3 is 2.35 bits per heavy atom. The average molecular weight is 468 g/mol. The molecule has 2 fully saturated rings. The van der Waals surface area contributed by atoms with Gasteiger partial charge in [-0.3, -0.25) is 9.59 Å². The third-order valence-corrected chi connectivity index (χ3v) is 5.45. The summed E-state index contributed by atoms with van der Waals surface area (Å²) >= 11 is 3.32. The Morgan fingerprint density at radius 2 is 1.81 bits per heavy atom. The standard InChI is InChI=1S/C17H23BrN4O2.2ClH/c18-13-2-4-15(20-10-13)21-16(23)11-5-7-22(8-6-11)17(24)12-1-3-14(19)9-12;;/h2,4,10-12,14H,1,3,5-9,19H2,(H,20,21,23);2*1H. The summed E-state index contributed by atoms with van der Waals surface area (Å²) in [6.07, 6.45) is 5.70. The molecule has 6 nitrogen and oxygen atoms in total. The van der Waals surface area contributed by atoms with Crippen LogP contribution in [0.5, 0.6) is 0 Å². The smallest absolute Gasteiger partial charge is 0.228 e. The predicted molar refractivity (Wildman–Crippen MR) is 110 cm³/mol. The number of pyridine rings is 1. The zero-order valence-electron chi connectivity index (χ0n) is 14.4. The van der Waals surface area contributed by atoms with Crippen molar-refractivity contribution in [1.29, 1.82) is 0 Å². The molecule has 3 N–H and O–H groups in total. The molecule has 1 aliphatic heterocycles. The fourth-order valence-corrected chi connectivity index (χ4v) is 3.77. The molecule has 146 valence electrons. The minimum atomic E-state index is -0.0645. The van der Waals surface area contributed by atoms with Gasteiger partial charge in [0, 0.05) is 41.6 Å².